The van der Waals surface area contributed by atoms with E-state index >= 15 is 0 Å². The molecule has 0 amide bonds. The molecule has 0 aliphatic heterocycles. The fourth-order valence-corrected chi connectivity index (χ4v) is 3.47. The van der Waals surface area contributed by atoms with Gasteiger partial charge in [-0.2, -0.15) is 5.10 Å². The minimum atomic E-state index is 0. The van der Waals surface area contributed by atoms with E-state index in [0.717, 1.165) is 38.4 Å². The van der Waals surface area contributed by atoms with Crippen LogP contribution in [0.15, 0.2) is 78.0 Å². The Morgan fingerprint density at radius 3 is 2.17 bits per heavy atom. The van der Waals surface area contributed by atoms with Crippen molar-refractivity contribution >= 4 is 29.9 Å². The lowest BCUT2D eigenvalue weighted by atomic mass is 9.89. The third-order valence-corrected chi connectivity index (χ3v) is 4.90. The molecule has 5 nitrogen and oxygen atoms in total. The van der Waals surface area contributed by atoms with Crippen molar-refractivity contribution in [2.24, 2.45) is 12.0 Å². The molecule has 0 spiro atoms. The van der Waals surface area contributed by atoms with E-state index in [1.54, 1.807) is 0 Å². The average Bonchev–Trinajstić information content (AvgIpc) is 3.17. The van der Waals surface area contributed by atoms with Gasteiger partial charge in [-0.15, -0.1) is 24.0 Å². The smallest absolute Gasteiger partial charge is 0.191 e. The second-order valence-electron chi connectivity index (χ2n) is 7.12. The van der Waals surface area contributed by atoms with E-state index in [1.807, 2.05) is 17.9 Å². The van der Waals surface area contributed by atoms with Crippen LogP contribution >= 0.6 is 24.0 Å². The highest BCUT2D eigenvalue weighted by Gasteiger charge is 2.13. The van der Waals surface area contributed by atoms with E-state index < -0.39 is 0 Å². The van der Waals surface area contributed by atoms with E-state index in [1.165, 1.54) is 16.7 Å². The van der Waals surface area contributed by atoms with E-state index in [9.17, 15) is 0 Å². The van der Waals surface area contributed by atoms with Gasteiger partial charge in [0.15, 0.2) is 5.96 Å². The van der Waals surface area contributed by atoms with Gasteiger partial charge in [0.25, 0.3) is 0 Å². The molecule has 0 aliphatic rings. The van der Waals surface area contributed by atoms with Crippen molar-refractivity contribution < 1.29 is 0 Å². The summed E-state index contributed by atoms with van der Waals surface area (Å²) in [7, 11) is 1.94. The first kappa shape index (κ1) is 23.9. The zero-order valence-electron chi connectivity index (χ0n) is 17.8. The molecule has 0 saturated carbocycles. The van der Waals surface area contributed by atoms with Crippen molar-refractivity contribution in [1.29, 1.82) is 0 Å². The molecular formula is C24H32IN5. The van der Waals surface area contributed by atoms with Crippen LogP contribution in [0.25, 0.3) is 0 Å². The first-order chi connectivity index (χ1) is 14.3. The lowest BCUT2D eigenvalue weighted by Crippen LogP contribution is -2.38. The van der Waals surface area contributed by atoms with Crippen LogP contribution in [0.1, 0.15) is 36.0 Å². The van der Waals surface area contributed by atoms with Crippen LogP contribution in [-0.4, -0.2) is 35.4 Å². The lowest BCUT2D eigenvalue weighted by molar-refractivity contribution is 0.714. The number of hydrogen-bond donors (Lipinski definition) is 2. The van der Waals surface area contributed by atoms with Gasteiger partial charge >= 0.3 is 0 Å². The maximum Gasteiger partial charge on any atom is 0.191 e. The molecule has 0 fully saturated rings. The maximum absolute atomic E-state index is 4.81. The second-order valence-corrected chi connectivity index (χ2v) is 7.12. The van der Waals surface area contributed by atoms with Gasteiger partial charge in [-0.1, -0.05) is 60.7 Å². The fourth-order valence-electron chi connectivity index (χ4n) is 3.47. The van der Waals surface area contributed by atoms with Gasteiger partial charge in [0.05, 0.1) is 6.20 Å². The molecule has 160 valence electrons. The van der Waals surface area contributed by atoms with Gasteiger partial charge < -0.3 is 10.6 Å². The highest BCUT2D eigenvalue weighted by atomic mass is 127. The van der Waals surface area contributed by atoms with Crippen molar-refractivity contribution in [3.63, 3.8) is 0 Å². The number of nitrogens with one attached hydrogen (secondary N) is 2. The van der Waals surface area contributed by atoms with Crippen molar-refractivity contribution in [3.05, 3.63) is 89.7 Å². The Morgan fingerprint density at radius 2 is 1.63 bits per heavy atom. The van der Waals surface area contributed by atoms with Crippen LogP contribution in [-0.2, 0) is 13.5 Å². The average molecular weight is 517 g/mol. The first-order valence-electron chi connectivity index (χ1n) is 10.4. The topological polar surface area (TPSA) is 54.2 Å². The Kier molecular flexibility index (Phi) is 10.4. The summed E-state index contributed by atoms with van der Waals surface area (Å²) in [4.78, 5) is 4.81. The molecule has 2 N–H and O–H groups in total. The minimum absolute atomic E-state index is 0. The van der Waals surface area contributed by atoms with Crippen molar-refractivity contribution in [2.75, 3.05) is 19.6 Å². The van der Waals surface area contributed by atoms with Crippen LogP contribution < -0.4 is 10.6 Å². The molecule has 0 atom stereocenters. The summed E-state index contributed by atoms with van der Waals surface area (Å²) in [6.45, 7) is 4.53. The maximum atomic E-state index is 4.81. The number of aliphatic imine (C=N–C) groups is 1. The summed E-state index contributed by atoms with van der Waals surface area (Å²) in [5.74, 6) is 1.22. The minimum Gasteiger partial charge on any atom is -0.357 e. The molecule has 3 aromatic rings. The second kappa shape index (κ2) is 13.1. The van der Waals surface area contributed by atoms with Crippen LogP contribution in [0, 0.1) is 0 Å². The van der Waals surface area contributed by atoms with Gasteiger partial charge in [0, 0.05) is 38.8 Å². The highest BCUT2D eigenvalue weighted by molar-refractivity contribution is 14.0. The van der Waals surface area contributed by atoms with Crippen molar-refractivity contribution in [2.45, 2.75) is 25.7 Å². The normalized spacial score (nSPS) is 11.2. The number of aromatic nitrogens is 2. The van der Waals surface area contributed by atoms with Gasteiger partial charge in [0.2, 0.25) is 0 Å². The zero-order valence-corrected chi connectivity index (χ0v) is 20.1. The molecule has 0 saturated heterocycles. The number of nitrogens with zero attached hydrogens (tertiary/aromatic N) is 3. The molecule has 3 rings (SSSR count). The quantitative estimate of drug-likeness (QED) is 0.252. The Morgan fingerprint density at radius 1 is 1.00 bits per heavy atom. The number of hydrogen-bond acceptors (Lipinski definition) is 2. The van der Waals surface area contributed by atoms with Crippen LogP contribution in [0.5, 0.6) is 0 Å². The highest BCUT2D eigenvalue weighted by Crippen LogP contribution is 2.27. The Balaban J connectivity index is 0.00000320. The molecule has 1 heterocycles. The molecule has 0 radical (unpaired) electrons. The number of rotatable bonds is 9. The molecule has 30 heavy (non-hydrogen) atoms. The van der Waals surface area contributed by atoms with Gasteiger partial charge in [0.1, 0.15) is 0 Å². The van der Waals surface area contributed by atoms with E-state index in [-0.39, 0.29) is 24.0 Å². The van der Waals surface area contributed by atoms with Crippen LogP contribution in [0.3, 0.4) is 0 Å². The number of aryl methyl sites for hydroxylation is 1. The van der Waals surface area contributed by atoms with Gasteiger partial charge in [-0.3, -0.25) is 9.67 Å². The monoisotopic (exact) mass is 517 g/mol. The summed E-state index contributed by atoms with van der Waals surface area (Å²) < 4.78 is 1.84. The third-order valence-electron chi connectivity index (χ3n) is 4.90. The number of guanidine groups is 1. The van der Waals surface area contributed by atoms with Crippen LogP contribution in [0.4, 0.5) is 0 Å². The Hall–Kier alpha value is -2.35. The first-order valence-corrected chi connectivity index (χ1v) is 10.4. The predicted octanol–water partition coefficient (Wildman–Crippen LogP) is 4.36. The van der Waals surface area contributed by atoms with E-state index in [0.29, 0.717) is 5.92 Å². The molecule has 0 unspecified atom stereocenters. The number of benzene rings is 2. The predicted molar refractivity (Wildman–Crippen MR) is 136 cm³/mol. The van der Waals surface area contributed by atoms with Gasteiger partial charge in [-0.25, -0.2) is 0 Å². The van der Waals surface area contributed by atoms with Crippen LogP contribution in [0.2, 0.25) is 0 Å². The Labute approximate surface area is 197 Å². The summed E-state index contributed by atoms with van der Waals surface area (Å²) in [6, 6.07) is 21.4. The summed E-state index contributed by atoms with van der Waals surface area (Å²) >= 11 is 0. The molecular weight excluding hydrogens is 485 g/mol. The SMILES string of the molecule is CCNC(=NCCC(c1ccccc1)c1ccccc1)NCCc1cnn(C)c1.I. The fraction of sp³-hybridized carbons (Fsp3) is 0.333. The molecule has 0 bridgehead atoms. The standard InChI is InChI=1S/C24H31N5.HI/c1-3-25-24(26-16-14-20-18-28-29(2)19-20)27-17-15-23(21-10-6-4-7-11-21)22-12-8-5-9-13-22;/h4-13,18-19,23H,3,14-17H2,1-2H3,(H2,25,26,27);1H. The molecule has 0 aliphatic carbocycles. The molecule has 1 aromatic heterocycles. The van der Waals surface area contributed by atoms with Crippen molar-refractivity contribution in [1.82, 2.24) is 20.4 Å². The zero-order chi connectivity index (χ0) is 20.3. The third kappa shape index (κ3) is 7.48. The van der Waals surface area contributed by atoms with E-state index in [2.05, 4.69) is 89.5 Å². The van der Waals surface area contributed by atoms with Gasteiger partial charge in [-0.05, 0) is 36.5 Å². The summed E-state index contributed by atoms with van der Waals surface area (Å²) in [5, 5.41) is 11.0. The van der Waals surface area contributed by atoms with Crippen molar-refractivity contribution in [3.8, 4) is 0 Å². The molecule has 2 aromatic carbocycles. The Bertz CT molecular complexity index is 837. The lowest BCUT2D eigenvalue weighted by Gasteiger charge is -2.18. The number of halogens is 1. The summed E-state index contributed by atoms with van der Waals surface area (Å²) in [6.07, 6.45) is 5.86. The largest absolute Gasteiger partial charge is 0.357 e. The molecule has 6 heteroatoms. The van der Waals surface area contributed by atoms with E-state index in [4.69, 9.17) is 4.99 Å². The summed E-state index contributed by atoms with van der Waals surface area (Å²) in [5.41, 5.74) is 3.90.